The predicted molar refractivity (Wildman–Crippen MR) is 133 cm³/mol. The van der Waals surface area contributed by atoms with Gasteiger partial charge in [-0.2, -0.15) is 0 Å². The number of nitrogens with zero attached hydrogens (tertiary/aromatic N) is 3. The molecule has 5 aromatic rings. The first kappa shape index (κ1) is 21.3. The number of ether oxygens (including phenoxy) is 1. The molecule has 0 amide bonds. The van der Waals surface area contributed by atoms with Crippen molar-refractivity contribution in [3.63, 3.8) is 0 Å². The summed E-state index contributed by atoms with van der Waals surface area (Å²) in [4.78, 5) is 13.4. The highest BCUT2D eigenvalue weighted by Crippen LogP contribution is 2.30. The Morgan fingerprint density at radius 3 is 2.53 bits per heavy atom. The number of fused-ring (bicyclic) bond motifs is 1. The molecule has 7 heteroatoms. The Kier molecular flexibility index (Phi) is 5.99. The molecule has 0 aliphatic carbocycles. The van der Waals surface area contributed by atoms with E-state index < -0.39 is 0 Å². The zero-order valence-corrected chi connectivity index (χ0v) is 18.5. The second-order valence-corrected chi connectivity index (χ2v) is 7.67. The van der Waals surface area contributed by atoms with E-state index in [0.29, 0.717) is 29.3 Å². The molecular weight excluding hydrogens is 429 g/mol. The third kappa shape index (κ3) is 4.63. The van der Waals surface area contributed by atoms with E-state index in [1.54, 1.807) is 37.7 Å². The Morgan fingerprint density at radius 1 is 0.853 bits per heavy atom. The van der Waals surface area contributed by atoms with Crippen molar-refractivity contribution in [2.45, 2.75) is 6.54 Å². The lowest BCUT2D eigenvalue weighted by Crippen LogP contribution is -2.03. The third-order valence-electron chi connectivity index (χ3n) is 5.38. The SMILES string of the molecule is COc1cccc(CNc2ccc3nc(-c4ccccc4F)nc(Nc4ccncc4)c3c2)c1. The molecule has 0 atom stereocenters. The van der Waals surface area contributed by atoms with Crippen molar-refractivity contribution in [3.05, 3.63) is 103 Å². The zero-order valence-electron chi connectivity index (χ0n) is 18.5. The van der Waals surface area contributed by atoms with Gasteiger partial charge < -0.3 is 15.4 Å². The number of rotatable bonds is 7. The molecule has 0 bridgehead atoms. The maximum atomic E-state index is 14.5. The number of halogens is 1. The Morgan fingerprint density at radius 2 is 1.71 bits per heavy atom. The average Bonchev–Trinajstić information content (AvgIpc) is 2.88. The van der Waals surface area contributed by atoms with E-state index in [0.717, 1.165) is 28.1 Å². The van der Waals surface area contributed by atoms with E-state index in [4.69, 9.17) is 4.74 Å². The van der Waals surface area contributed by atoms with Gasteiger partial charge in [0.2, 0.25) is 0 Å². The van der Waals surface area contributed by atoms with Crippen LogP contribution in [0.5, 0.6) is 5.75 Å². The fraction of sp³-hybridized carbons (Fsp3) is 0.0741. The smallest absolute Gasteiger partial charge is 0.165 e. The number of nitrogens with one attached hydrogen (secondary N) is 2. The predicted octanol–water partition coefficient (Wildman–Crippen LogP) is 6.20. The van der Waals surface area contributed by atoms with Crippen molar-refractivity contribution in [3.8, 4) is 17.1 Å². The molecular formula is C27H22FN5O. The Bertz CT molecular complexity index is 1440. The average molecular weight is 452 g/mol. The van der Waals surface area contributed by atoms with Gasteiger partial charge in [-0.3, -0.25) is 4.98 Å². The van der Waals surface area contributed by atoms with Crippen LogP contribution in [0, 0.1) is 5.82 Å². The highest BCUT2D eigenvalue weighted by Gasteiger charge is 2.13. The summed E-state index contributed by atoms with van der Waals surface area (Å²) in [7, 11) is 1.66. The lowest BCUT2D eigenvalue weighted by Gasteiger charge is -2.13. The van der Waals surface area contributed by atoms with E-state index in [1.165, 1.54) is 6.07 Å². The van der Waals surface area contributed by atoms with Crippen LogP contribution in [-0.4, -0.2) is 22.1 Å². The van der Waals surface area contributed by atoms with Crippen LogP contribution in [0.2, 0.25) is 0 Å². The van der Waals surface area contributed by atoms with Crippen LogP contribution in [0.3, 0.4) is 0 Å². The van der Waals surface area contributed by atoms with E-state index >= 15 is 0 Å². The highest BCUT2D eigenvalue weighted by molar-refractivity contribution is 5.94. The van der Waals surface area contributed by atoms with Crippen molar-refractivity contribution in [1.82, 2.24) is 15.0 Å². The molecule has 0 spiro atoms. The van der Waals surface area contributed by atoms with E-state index in [1.807, 2.05) is 54.6 Å². The van der Waals surface area contributed by atoms with Gasteiger partial charge in [-0.05, 0) is 60.2 Å². The third-order valence-corrected chi connectivity index (χ3v) is 5.38. The number of aromatic nitrogens is 3. The monoisotopic (exact) mass is 451 g/mol. The van der Waals surface area contributed by atoms with Gasteiger partial charge in [0.1, 0.15) is 17.4 Å². The Hall–Kier alpha value is -4.52. The molecule has 0 radical (unpaired) electrons. The number of benzene rings is 3. The first-order valence-electron chi connectivity index (χ1n) is 10.8. The van der Waals surface area contributed by atoms with Crippen molar-refractivity contribution >= 4 is 28.1 Å². The number of methoxy groups -OCH3 is 1. The van der Waals surface area contributed by atoms with Crippen LogP contribution < -0.4 is 15.4 Å². The number of anilines is 3. The number of hydrogen-bond donors (Lipinski definition) is 2. The topological polar surface area (TPSA) is 72.0 Å². The van der Waals surface area contributed by atoms with Crippen LogP contribution >= 0.6 is 0 Å². The minimum absolute atomic E-state index is 0.319. The minimum Gasteiger partial charge on any atom is -0.497 e. The molecule has 5 rings (SSSR count). The van der Waals surface area contributed by atoms with E-state index in [2.05, 4.69) is 25.6 Å². The molecule has 168 valence electrons. The summed E-state index contributed by atoms with van der Waals surface area (Å²) in [6, 6.07) is 24.0. The van der Waals surface area contributed by atoms with Crippen LogP contribution in [0.15, 0.2) is 91.3 Å². The molecule has 34 heavy (non-hydrogen) atoms. The molecule has 2 aromatic heterocycles. The van der Waals surface area contributed by atoms with Gasteiger partial charge >= 0.3 is 0 Å². The lowest BCUT2D eigenvalue weighted by molar-refractivity contribution is 0.414. The largest absolute Gasteiger partial charge is 0.497 e. The van der Waals surface area contributed by atoms with Crippen LogP contribution in [-0.2, 0) is 6.54 Å². The second-order valence-electron chi connectivity index (χ2n) is 7.67. The number of hydrogen-bond acceptors (Lipinski definition) is 6. The fourth-order valence-electron chi connectivity index (χ4n) is 3.66. The van der Waals surface area contributed by atoms with Crippen molar-refractivity contribution in [2.75, 3.05) is 17.7 Å². The van der Waals surface area contributed by atoms with Crippen LogP contribution in [0.4, 0.5) is 21.6 Å². The summed E-state index contributed by atoms with van der Waals surface area (Å²) in [5, 5.41) is 7.59. The second kappa shape index (κ2) is 9.54. The molecule has 0 saturated carbocycles. The minimum atomic E-state index is -0.367. The molecule has 0 aliphatic rings. The summed E-state index contributed by atoms with van der Waals surface area (Å²) >= 11 is 0. The van der Waals surface area contributed by atoms with Crippen molar-refractivity contribution in [2.24, 2.45) is 0 Å². The molecule has 0 unspecified atom stereocenters. The van der Waals surface area contributed by atoms with Gasteiger partial charge in [0.05, 0.1) is 18.2 Å². The van der Waals surface area contributed by atoms with Gasteiger partial charge in [0.15, 0.2) is 5.82 Å². The Balaban J connectivity index is 1.53. The normalized spacial score (nSPS) is 10.8. The first-order chi connectivity index (χ1) is 16.7. The molecule has 0 aliphatic heterocycles. The summed E-state index contributed by atoms with van der Waals surface area (Å²) < 4.78 is 19.8. The summed E-state index contributed by atoms with van der Waals surface area (Å²) in [6.45, 7) is 0.629. The van der Waals surface area contributed by atoms with Gasteiger partial charge in [0, 0.05) is 35.7 Å². The molecule has 2 heterocycles. The molecule has 6 nitrogen and oxygen atoms in total. The first-order valence-corrected chi connectivity index (χ1v) is 10.8. The Labute approximate surface area is 196 Å². The molecule has 0 saturated heterocycles. The van der Waals surface area contributed by atoms with Crippen molar-refractivity contribution < 1.29 is 9.13 Å². The van der Waals surface area contributed by atoms with Gasteiger partial charge in [-0.15, -0.1) is 0 Å². The van der Waals surface area contributed by atoms with Gasteiger partial charge in [-0.25, -0.2) is 14.4 Å². The van der Waals surface area contributed by atoms with E-state index in [-0.39, 0.29) is 5.82 Å². The van der Waals surface area contributed by atoms with Gasteiger partial charge in [0.25, 0.3) is 0 Å². The quantitative estimate of drug-likeness (QED) is 0.307. The maximum Gasteiger partial charge on any atom is 0.165 e. The molecule has 2 N–H and O–H groups in total. The van der Waals surface area contributed by atoms with Crippen LogP contribution in [0.25, 0.3) is 22.3 Å². The number of pyridine rings is 1. The highest BCUT2D eigenvalue weighted by atomic mass is 19.1. The zero-order chi connectivity index (χ0) is 23.3. The summed E-state index contributed by atoms with van der Waals surface area (Å²) in [6.07, 6.45) is 3.40. The van der Waals surface area contributed by atoms with Crippen LogP contribution in [0.1, 0.15) is 5.56 Å². The van der Waals surface area contributed by atoms with E-state index in [9.17, 15) is 4.39 Å². The van der Waals surface area contributed by atoms with Crippen molar-refractivity contribution in [1.29, 1.82) is 0 Å². The lowest BCUT2D eigenvalue weighted by atomic mass is 10.1. The summed E-state index contributed by atoms with van der Waals surface area (Å²) in [5.41, 5.74) is 3.89. The summed E-state index contributed by atoms with van der Waals surface area (Å²) in [5.74, 6) is 1.35. The molecule has 3 aromatic carbocycles. The fourth-order valence-corrected chi connectivity index (χ4v) is 3.66. The molecule has 0 fully saturated rings. The van der Waals surface area contributed by atoms with Gasteiger partial charge in [-0.1, -0.05) is 24.3 Å². The maximum absolute atomic E-state index is 14.5. The standard InChI is InChI=1S/C27H22FN5O/c1-34-21-6-4-5-18(15-21)17-30-20-9-10-25-23(16-20)27(31-19-11-13-29-14-12-19)33-26(32-25)22-7-2-3-8-24(22)28/h2-16,30H,17H2,1H3,(H,29,31,32,33).